The van der Waals surface area contributed by atoms with Gasteiger partial charge in [-0.3, -0.25) is 0 Å². The topological polar surface area (TPSA) is 20.2 Å². The standard InChI is InChI=1S/C10H15ClOS/c11-6-1-2-10(12)4-3-9-5-7-13-8-9/h5,7-8,10,12H,1-4,6H2. The average molecular weight is 219 g/mol. The highest BCUT2D eigenvalue weighted by Gasteiger charge is 2.03. The molecule has 0 saturated carbocycles. The van der Waals surface area contributed by atoms with Gasteiger partial charge in [-0.25, -0.2) is 0 Å². The first kappa shape index (κ1) is 11.0. The minimum atomic E-state index is -0.182. The number of aliphatic hydroxyl groups excluding tert-OH is 1. The van der Waals surface area contributed by atoms with E-state index in [1.807, 2.05) is 0 Å². The van der Waals surface area contributed by atoms with Gasteiger partial charge in [0.25, 0.3) is 0 Å². The molecule has 1 N–H and O–H groups in total. The molecule has 1 unspecified atom stereocenters. The first-order chi connectivity index (χ1) is 6.33. The first-order valence-corrected chi connectivity index (χ1v) is 6.05. The Morgan fingerprint density at radius 2 is 2.31 bits per heavy atom. The molecule has 0 saturated heterocycles. The molecule has 0 fully saturated rings. The quantitative estimate of drug-likeness (QED) is 0.728. The van der Waals surface area contributed by atoms with E-state index in [0.29, 0.717) is 5.88 Å². The van der Waals surface area contributed by atoms with Crippen molar-refractivity contribution in [2.75, 3.05) is 5.88 Å². The summed E-state index contributed by atoms with van der Waals surface area (Å²) >= 11 is 7.24. The molecule has 3 heteroatoms. The van der Waals surface area contributed by atoms with Crippen LogP contribution in [0.2, 0.25) is 0 Å². The van der Waals surface area contributed by atoms with Gasteiger partial charge in [0, 0.05) is 5.88 Å². The van der Waals surface area contributed by atoms with Crippen LogP contribution in [0.1, 0.15) is 24.8 Å². The molecule has 13 heavy (non-hydrogen) atoms. The Labute approximate surface area is 88.4 Å². The summed E-state index contributed by atoms with van der Waals surface area (Å²) in [6.45, 7) is 0. The van der Waals surface area contributed by atoms with Crippen molar-refractivity contribution in [2.24, 2.45) is 0 Å². The number of aliphatic hydroxyl groups is 1. The minimum absolute atomic E-state index is 0.182. The molecule has 0 bridgehead atoms. The maximum atomic E-state index is 9.52. The Kier molecular flexibility index (Phi) is 5.44. The summed E-state index contributed by atoms with van der Waals surface area (Å²) < 4.78 is 0. The summed E-state index contributed by atoms with van der Waals surface area (Å²) in [5, 5.41) is 13.7. The van der Waals surface area contributed by atoms with E-state index in [4.69, 9.17) is 11.6 Å². The van der Waals surface area contributed by atoms with Gasteiger partial charge < -0.3 is 5.11 Å². The Hall–Kier alpha value is -0.0500. The van der Waals surface area contributed by atoms with Crippen LogP contribution in [0.15, 0.2) is 16.8 Å². The summed E-state index contributed by atoms with van der Waals surface area (Å²) in [5.41, 5.74) is 1.33. The third-order valence-corrected chi connectivity index (χ3v) is 3.02. The van der Waals surface area contributed by atoms with Gasteiger partial charge in [-0.1, -0.05) is 0 Å². The number of aryl methyl sites for hydroxylation is 1. The van der Waals surface area contributed by atoms with Crippen LogP contribution in [0.4, 0.5) is 0 Å². The van der Waals surface area contributed by atoms with E-state index >= 15 is 0 Å². The van der Waals surface area contributed by atoms with Crippen LogP contribution >= 0.6 is 22.9 Å². The molecule has 1 heterocycles. The van der Waals surface area contributed by atoms with Crippen molar-refractivity contribution in [2.45, 2.75) is 31.8 Å². The summed E-state index contributed by atoms with van der Waals surface area (Å²) in [7, 11) is 0. The minimum Gasteiger partial charge on any atom is -0.393 e. The van der Waals surface area contributed by atoms with E-state index < -0.39 is 0 Å². The molecule has 74 valence electrons. The second kappa shape index (κ2) is 6.41. The molecule has 0 amide bonds. The van der Waals surface area contributed by atoms with Gasteiger partial charge in [0.1, 0.15) is 0 Å². The van der Waals surface area contributed by atoms with Crippen molar-refractivity contribution in [3.63, 3.8) is 0 Å². The van der Waals surface area contributed by atoms with Crippen molar-refractivity contribution in [1.82, 2.24) is 0 Å². The number of alkyl halides is 1. The van der Waals surface area contributed by atoms with Crippen LogP contribution in [-0.4, -0.2) is 17.1 Å². The van der Waals surface area contributed by atoms with Gasteiger partial charge >= 0.3 is 0 Å². The molecule has 0 aromatic carbocycles. The number of thiophene rings is 1. The number of halogens is 1. The maximum Gasteiger partial charge on any atom is 0.0543 e. The van der Waals surface area contributed by atoms with E-state index in [0.717, 1.165) is 25.7 Å². The van der Waals surface area contributed by atoms with Crippen LogP contribution in [0.3, 0.4) is 0 Å². The molecule has 1 nitrogen and oxygen atoms in total. The zero-order valence-electron chi connectivity index (χ0n) is 7.58. The van der Waals surface area contributed by atoms with Crippen molar-refractivity contribution >= 4 is 22.9 Å². The Morgan fingerprint density at radius 1 is 1.46 bits per heavy atom. The van der Waals surface area contributed by atoms with E-state index in [1.54, 1.807) is 11.3 Å². The van der Waals surface area contributed by atoms with Gasteiger partial charge in [-0.05, 0) is 48.1 Å². The molecule has 0 aliphatic carbocycles. The fourth-order valence-electron chi connectivity index (χ4n) is 1.23. The van der Waals surface area contributed by atoms with Crippen LogP contribution in [-0.2, 0) is 6.42 Å². The third-order valence-electron chi connectivity index (χ3n) is 2.02. The van der Waals surface area contributed by atoms with Gasteiger partial charge in [0.15, 0.2) is 0 Å². The number of rotatable bonds is 6. The fourth-order valence-corrected chi connectivity index (χ4v) is 2.08. The lowest BCUT2D eigenvalue weighted by molar-refractivity contribution is 0.154. The van der Waals surface area contributed by atoms with E-state index in [2.05, 4.69) is 16.8 Å². The largest absolute Gasteiger partial charge is 0.393 e. The van der Waals surface area contributed by atoms with Crippen molar-refractivity contribution < 1.29 is 5.11 Å². The van der Waals surface area contributed by atoms with E-state index in [9.17, 15) is 5.11 Å². The first-order valence-electron chi connectivity index (χ1n) is 4.58. The zero-order valence-corrected chi connectivity index (χ0v) is 9.15. The monoisotopic (exact) mass is 218 g/mol. The molecular weight excluding hydrogens is 204 g/mol. The van der Waals surface area contributed by atoms with E-state index in [-0.39, 0.29) is 6.10 Å². The van der Waals surface area contributed by atoms with Crippen molar-refractivity contribution in [3.05, 3.63) is 22.4 Å². The van der Waals surface area contributed by atoms with Gasteiger partial charge in [-0.15, -0.1) is 11.6 Å². The van der Waals surface area contributed by atoms with Gasteiger partial charge in [0.05, 0.1) is 6.10 Å². The lowest BCUT2D eigenvalue weighted by Crippen LogP contribution is -2.07. The van der Waals surface area contributed by atoms with E-state index in [1.165, 1.54) is 5.56 Å². The zero-order chi connectivity index (χ0) is 9.52. The number of hydrogen-bond donors (Lipinski definition) is 1. The van der Waals surface area contributed by atoms with Gasteiger partial charge in [0.2, 0.25) is 0 Å². The molecule has 0 spiro atoms. The highest BCUT2D eigenvalue weighted by atomic mass is 35.5. The van der Waals surface area contributed by atoms with Crippen LogP contribution in [0.5, 0.6) is 0 Å². The van der Waals surface area contributed by atoms with Crippen LogP contribution in [0.25, 0.3) is 0 Å². The molecule has 0 radical (unpaired) electrons. The average Bonchev–Trinajstić information content (AvgIpc) is 2.64. The summed E-state index contributed by atoms with van der Waals surface area (Å²) in [6, 6.07) is 2.11. The van der Waals surface area contributed by atoms with Crippen LogP contribution < -0.4 is 0 Å². The lowest BCUT2D eigenvalue weighted by atomic mass is 10.1. The normalized spacial score (nSPS) is 13.1. The van der Waals surface area contributed by atoms with Gasteiger partial charge in [-0.2, -0.15) is 11.3 Å². The molecule has 1 aromatic heterocycles. The summed E-state index contributed by atoms with van der Waals surface area (Å²) in [4.78, 5) is 0. The lowest BCUT2D eigenvalue weighted by Gasteiger charge is -2.07. The Balaban J connectivity index is 2.11. The predicted octanol–water partition coefficient (Wildman–Crippen LogP) is 3.06. The molecule has 0 aliphatic heterocycles. The number of hydrogen-bond acceptors (Lipinski definition) is 2. The molecule has 0 aliphatic rings. The van der Waals surface area contributed by atoms with Crippen molar-refractivity contribution in [1.29, 1.82) is 0 Å². The van der Waals surface area contributed by atoms with Crippen LogP contribution in [0, 0.1) is 0 Å². The smallest absolute Gasteiger partial charge is 0.0543 e. The highest BCUT2D eigenvalue weighted by molar-refractivity contribution is 7.07. The molecule has 1 rings (SSSR count). The maximum absolute atomic E-state index is 9.52. The Bertz CT molecular complexity index is 211. The second-order valence-corrected chi connectivity index (χ2v) is 4.31. The fraction of sp³-hybridized carbons (Fsp3) is 0.600. The molecule has 1 aromatic rings. The predicted molar refractivity (Wildman–Crippen MR) is 58.6 cm³/mol. The third kappa shape index (κ3) is 4.65. The SMILES string of the molecule is OC(CCCCl)CCc1ccsc1. The highest BCUT2D eigenvalue weighted by Crippen LogP contribution is 2.11. The summed E-state index contributed by atoms with van der Waals surface area (Å²) in [5.74, 6) is 0.648. The molecular formula is C10H15ClOS. The Morgan fingerprint density at radius 3 is 2.92 bits per heavy atom. The summed E-state index contributed by atoms with van der Waals surface area (Å²) in [6.07, 6.45) is 3.39. The molecule has 1 atom stereocenters. The van der Waals surface area contributed by atoms with Crippen molar-refractivity contribution in [3.8, 4) is 0 Å². The second-order valence-electron chi connectivity index (χ2n) is 3.16.